The predicted molar refractivity (Wildman–Crippen MR) is 118 cm³/mol. The van der Waals surface area contributed by atoms with E-state index in [4.69, 9.17) is 24.4 Å². The van der Waals surface area contributed by atoms with E-state index in [0.29, 0.717) is 15.9 Å². The first-order chi connectivity index (χ1) is 13.3. The Balaban J connectivity index is 1.82. The second-order valence-corrected chi connectivity index (χ2v) is 7.37. The molecule has 2 amide bonds. The standard InChI is InChI=1S/C20H24N4O2S2/c1-14-8-7-11-16(12-14)20(28)24(3)22-18(26)13-17(25)21-23(2)19(27)15-9-5-4-6-10-15/h4-11,14H,12-13H2,1-3H3,(H,21,25)(H,22,26). The lowest BCUT2D eigenvalue weighted by Crippen LogP contribution is -2.47. The van der Waals surface area contributed by atoms with Crippen LogP contribution in [0.2, 0.25) is 0 Å². The van der Waals surface area contributed by atoms with Crippen molar-refractivity contribution < 1.29 is 9.59 Å². The molecule has 2 N–H and O–H groups in total. The molecule has 1 aromatic rings. The number of hydrazine groups is 2. The molecule has 1 unspecified atom stereocenters. The van der Waals surface area contributed by atoms with Crippen molar-refractivity contribution in [3.63, 3.8) is 0 Å². The number of carbonyl (C=O) groups excluding carboxylic acids is 2. The zero-order valence-corrected chi connectivity index (χ0v) is 17.8. The highest BCUT2D eigenvalue weighted by Gasteiger charge is 2.18. The van der Waals surface area contributed by atoms with Crippen LogP contribution in [0.25, 0.3) is 0 Å². The van der Waals surface area contributed by atoms with Crippen LogP contribution in [0.5, 0.6) is 0 Å². The first kappa shape index (κ1) is 21.7. The fraction of sp³-hybridized carbons (Fsp3) is 0.300. The van der Waals surface area contributed by atoms with Crippen molar-refractivity contribution in [2.75, 3.05) is 14.1 Å². The van der Waals surface area contributed by atoms with Gasteiger partial charge in [-0.2, -0.15) is 0 Å². The third-order valence-electron chi connectivity index (χ3n) is 4.09. The third kappa shape index (κ3) is 6.24. The fourth-order valence-corrected chi connectivity index (χ4v) is 3.07. The van der Waals surface area contributed by atoms with Crippen LogP contribution in [0.1, 0.15) is 25.3 Å². The second kappa shape index (κ2) is 10.1. The number of thiocarbonyl (C=S) groups is 2. The molecule has 1 atom stereocenters. The van der Waals surface area contributed by atoms with E-state index in [0.717, 1.165) is 17.6 Å². The average Bonchev–Trinajstić information content (AvgIpc) is 2.67. The second-order valence-electron chi connectivity index (χ2n) is 6.60. The van der Waals surface area contributed by atoms with Crippen molar-refractivity contribution in [2.24, 2.45) is 5.92 Å². The quantitative estimate of drug-likeness (QED) is 0.447. The molecule has 0 fully saturated rings. The zero-order chi connectivity index (χ0) is 20.7. The molecule has 0 spiro atoms. The fourth-order valence-electron chi connectivity index (χ4n) is 2.69. The topological polar surface area (TPSA) is 64.7 Å². The van der Waals surface area contributed by atoms with Crippen molar-refractivity contribution in [2.45, 2.75) is 19.8 Å². The first-order valence-corrected chi connectivity index (χ1v) is 9.67. The highest BCUT2D eigenvalue weighted by Crippen LogP contribution is 2.19. The molecule has 0 heterocycles. The molecular weight excluding hydrogens is 392 g/mol. The Kier molecular flexibility index (Phi) is 7.83. The minimum atomic E-state index is -0.467. The van der Waals surface area contributed by atoms with Crippen LogP contribution < -0.4 is 10.9 Å². The van der Waals surface area contributed by atoms with Crippen molar-refractivity contribution in [3.05, 3.63) is 59.7 Å². The number of rotatable bonds is 4. The summed E-state index contributed by atoms with van der Waals surface area (Å²) in [5.74, 6) is -0.524. The Morgan fingerprint density at radius 1 is 1.04 bits per heavy atom. The van der Waals surface area contributed by atoms with E-state index in [9.17, 15) is 9.59 Å². The van der Waals surface area contributed by atoms with Crippen LogP contribution in [-0.4, -0.2) is 45.9 Å². The number of likely N-dealkylation sites (N-methyl/N-ethyl adjacent to an activating group) is 1. The normalized spacial score (nSPS) is 15.2. The highest BCUT2D eigenvalue weighted by molar-refractivity contribution is 7.80. The van der Waals surface area contributed by atoms with Gasteiger partial charge in [-0.1, -0.05) is 79.9 Å². The summed E-state index contributed by atoms with van der Waals surface area (Å²) >= 11 is 10.8. The lowest BCUT2D eigenvalue weighted by atomic mass is 9.96. The van der Waals surface area contributed by atoms with Gasteiger partial charge in [0.05, 0.1) is 0 Å². The molecule has 1 aliphatic carbocycles. The van der Waals surface area contributed by atoms with Gasteiger partial charge in [-0.15, -0.1) is 0 Å². The van der Waals surface area contributed by atoms with Gasteiger partial charge < -0.3 is 0 Å². The molecule has 0 aliphatic heterocycles. The van der Waals surface area contributed by atoms with Gasteiger partial charge in [-0.25, -0.2) is 0 Å². The number of allylic oxidation sites excluding steroid dienone is 3. The molecular formula is C20H24N4O2S2. The predicted octanol–water partition coefficient (Wildman–Crippen LogP) is 2.53. The van der Waals surface area contributed by atoms with E-state index in [2.05, 4.69) is 23.9 Å². The summed E-state index contributed by atoms with van der Waals surface area (Å²) in [7, 11) is 3.30. The summed E-state index contributed by atoms with van der Waals surface area (Å²) in [4.78, 5) is 25.3. The maximum atomic E-state index is 12.2. The number of benzene rings is 1. The Bertz CT molecular complexity index is 821. The number of nitrogens with one attached hydrogen (secondary N) is 2. The van der Waals surface area contributed by atoms with Crippen LogP contribution in [0.15, 0.2) is 54.1 Å². The van der Waals surface area contributed by atoms with Crippen LogP contribution >= 0.6 is 24.4 Å². The summed E-state index contributed by atoms with van der Waals surface area (Å²) in [5, 5.41) is 2.90. The molecule has 0 aromatic heterocycles. The summed E-state index contributed by atoms with van der Waals surface area (Å²) in [5.41, 5.74) is 7.02. The monoisotopic (exact) mass is 416 g/mol. The molecule has 0 saturated heterocycles. The van der Waals surface area contributed by atoms with E-state index >= 15 is 0 Å². The first-order valence-electron chi connectivity index (χ1n) is 8.85. The van der Waals surface area contributed by atoms with Gasteiger partial charge in [0.2, 0.25) is 11.8 Å². The maximum Gasteiger partial charge on any atom is 0.248 e. The zero-order valence-electron chi connectivity index (χ0n) is 16.1. The third-order valence-corrected chi connectivity index (χ3v) is 5.14. The Morgan fingerprint density at radius 3 is 2.18 bits per heavy atom. The molecule has 2 rings (SSSR count). The number of hydrogen-bond acceptors (Lipinski definition) is 4. The van der Waals surface area contributed by atoms with E-state index < -0.39 is 11.8 Å². The number of amides is 2. The summed E-state index contributed by atoms with van der Waals surface area (Å²) in [6.07, 6.45) is 6.48. The van der Waals surface area contributed by atoms with E-state index in [1.807, 2.05) is 42.5 Å². The van der Waals surface area contributed by atoms with Gasteiger partial charge in [0, 0.05) is 19.7 Å². The SMILES string of the molecule is CC1C=CC=C(C(=S)N(C)NC(=O)CC(=O)NN(C)C(=S)c2ccccc2)C1. The molecule has 6 nitrogen and oxygen atoms in total. The van der Waals surface area contributed by atoms with Crippen molar-refractivity contribution in [1.82, 2.24) is 20.9 Å². The molecule has 148 valence electrons. The van der Waals surface area contributed by atoms with Crippen molar-refractivity contribution >= 4 is 46.2 Å². The van der Waals surface area contributed by atoms with Gasteiger partial charge in [0.25, 0.3) is 0 Å². The lowest BCUT2D eigenvalue weighted by molar-refractivity contribution is -0.132. The number of carbonyl (C=O) groups is 2. The minimum absolute atomic E-state index is 0.343. The maximum absolute atomic E-state index is 12.2. The highest BCUT2D eigenvalue weighted by atomic mass is 32.1. The Morgan fingerprint density at radius 2 is 1.61 bits per heavy atom. The van der Waals surface area contributed by atoms with Gasteiger partial charge in [0.1, 0.15) is 16.4 Å². The largest absolute Gasteiger partial charge is 0.278 e. The Labute approximate surface area is 176 Å². The minimum Gasteiger partial charge on any atom is -0.278 e. The van der Waals surface area contributed by atoms with E-state index in [-0.39, 0.29) is 6.42 Å². The van der Waals surface area contributed by atoms with Gasteiger partial charge in [-0.3, -0.25) is 30.5 Å². The lowest BCUT2D eigenvalue weighted by Gasteiger charge is -2.25. The molecule has 28 heavy (non-hydrogen) atoms. The molecule has 0 radical (unpaired) electrons. The van der Waals surface area contributed by atoms with Crippen LogP contribution in [0.3, 0.4) is 0 Å². The molecule has 8 heteroatoms. The Hall–Kier alpha value is -2.58. The molecule has 0 bridgehead atoms. The van der Waals surface area contributed by atoms with Crippen LogP contribution in [0.4, 0.5) is 0 Å². The smallest absolute Gasteiger partial charge is 0.248 e. The number of hydrogen-bond donors (Lipinski definition) is 2. The average molecular weight is 417 g/mol. The summed E-state index contributed by atoms with van der Waals surface area (Å²) in [6.45, 7) is 2.10. The van der Waals surface area contributed by atoms with E-state index in [1.54, 1.807) is 14.1 Å². The van der Waals surface area contributed by atoms with Crippen molar-refractivity contribution in [1.29, 1.82) is 0 Å². The number of nitrogens with zero attached hydrogens (tertiary/aromatic N) is 2. The van der Waals surface area contributed by atoms with Crippen molar-refractivity contribution in [3.8, 4) is 0 Å². The van der Waals surface area contributed by atoms with Gasteiger partial charge >= 0.3 is 0 Å². The van der Waals surface area contributed by atoms with Gasteiger partial charge in [0.15, 0.2) is 0 Å². The molecule has 1 aromatic carbocycles. The van der Waals surface area contributed by atoms with Gasteiger partial charge in [-0.05, 0) is 17.9 Å². The molecule has 1 aliphatic rings. The van der Waals surface area contributed by atoms with Crippen LogP contribution in [-0.2, 0) is 9.59 Å². The summed E-state index contributed by atoms with van der Waals surface area (Å²) < 4.78 is 0. The summed E-state index contributed by atoms with van der Waals surface area (Å²) in [6, 6.07) is 9.31. The van der Waals surface area contributed by atoms with E-state index in [1.165, 1.54) is 10.0 Å². The molecule has 0 saturated carbocycles. The van der Waals surface area contributed by atoms with Crippen LogP contribution in [0, 0.1) is 5.92 Å².